The van der Waals surface area contributed by atoms with E-state index in [0.717, 1.165) is 5.69 Å². The van der Waals surface area contributed by atoms with Crippen molar-refractivity contribution in [2.24, 2.45) is 0 Å². The van der Waals surface area contributed by atoms with Gasteiger partial charge in [-0.25, -0.2) is 4.98 Å². The first-order valence-corrected chi connectivity index (χ1v) is 8.15. The highest BCUT2D eigenvalue weighted by Crippen LogP contribution is 2.40. The highest BCUT2D eigenvalue weighted by Gasteiger charge is 2.26. The second-order valence-electron chi connectivity index (χ2n) is 5.80. The van der Waals surface area contributed by atoms with Crippen LogP contribution in [0.25, 0.3) is 0 Å². The van der Waals surface area contributed by atoms with E-state index in [1.54, 1.807) is 12.1 Å². The fraction of sp³-hybridized carbons (Fsp3) is 0.375. The third-order valence-corrected chi connectivity index (χ3v) is 4.01. The molecule has 3 rings (SSSR count). The van der Waals surface area contributed by atoms with Gasteiger partial charge in [0.2, 0.25) is 5.95 Å². The number of hydrogen-bond acceptors (Lipinski definition) is 4. The summed E-state index contributed by atoms with van der Waals surface area (Å²) in [4.78, 5) is 9.10. The summed E-state index contributed by atoms with van der Waals surface area (Å²) < 4.78 is 0. The van der Waals surface area contributed by atoms with Crippen molar-refractivity contribution in [1.82, 2.24) is 9.97 Å². The first-order chi connectivity index (χ1) is 10.5. The molecule has 0 bridgehead atoms. The van der Waals surface area contributed by atoms with Crippen LogP contribution >= 0.6 is 23.2 Å². The number of hydrogen-bond donors (Lipinski definition) is 2. The zero-order chi connectivity index (χ0) is 15.7. The maximum atomic E-state index is 6.21. The van der Waals surface area contributed by atoms with Gasteiger partial charge in [-0.15, -0.1) is 0 Å². The minimum Gasteiger partial charge on any atom is -0.352 e. The predicted molar refractivity (Wildman–Crippen MR) is 92.5 cm³/mol. The minimum absolute atomic E-state index is 0.270. The largest absolute Gasteiger partial charge is 0.352 e. The van der Waals surface area contributed by atoms with Gasteiger partial charge in [0.05, 0.1) is 21.4 Å². The smallest absolute Gasteiger partial charge is 0.225 e. The van der Waals surface area contributed by atoms with Crippen molar-refractivity contribution in [2.45, 2.75) is 38.6 Å². The Kier molecular flexibility index (Phi) is 4.41. The average molecular weight is 337 g/mol. The molecule has 6 heteroatoms. The number of aromatic nitrogens is 2. The van der Waals surface area contributed by atoms with Crippen LogP contribution in [0.15, 0.2) is 24.3 Å². The lowest BCUT2D eigenvalue weighted by Crippen LogP contribution is -2.14. The normalized spacial score (nSPS) is 14.2. The maximum absolute atomic E-state index is 6.21. The van der Waals surface area contributed by atoms with Crippen LogP contribution in [0.5, 0.6) is 0 Å². The number of rotatable bonds is 5. The minimum atomic E-state index is 0.270. The van der Waals surface area contributed by atoms with E-state index in [4.69, 9.17) is 23.2 Å². The lowest BCUT2D eigenvalue weighted by atomic mass is 10.2. The molecule has 0 atom stereocenters. The van der Waals surface area contributed by atoms with Crippen molar-refractivity contribution in [1.29, 1.82) is 0 Å². The third-order valence-electron chi connectivity index (χ3n) is 3.38. The van der Waals surface area contributed by atoms with E-state index in [-0.39, 0.29) is 6.04 Å². The summed E-state index contributed by atoms with van der Waals surface area (Å²) in [5.41, 5.74) is 1.73. The molecule has 0 spiro atoms. The van der Waals surface area contributed by atoms with Crippen LogP contribution in [0, 0.1) is 0 Å². The molecule has 0 unspecified atom stereocenters. The van der Waals surface area contributed by atoms with Gasteiger partial charge in [-0.3, -0.25) is 0 Å². The molecule has 2 N–H and O–H groups in total. The number of anilines is 3. The average Bonchev–Trinajstić information content (AvgIpc) is 3.26. The molecule has 0 radical (unpaired) electrons. The summed E-state index contributed by atoms with van der Waals surface area (Å²) in [6.07, 6.45) is 2.37. The lowest BCUT2D eigenvalue weighted by Gasteiger charge is -2.14. The number of para-hydroxylation sites is 1. The van der Waals surface area contributed by atoms with Gasteiger partial charge in [0.25, 0.3) is 0 Å². The Morgan fingerprint density at radius 3 is 2.41 bits per heavy atom. The number of nitrogens with one attached hydrogen (secondary N) is 2. The van der Waals surface area contributed by atoms with Gasteiger partial charge in [-0.05, 0) is 38.8 Å². The molecule has 22 heavy (non-hydrogen) atoms. The Balaban J connectivity index is 1.93. The zero-order valence-corrected chi connectivity index (χ0v) is 14.0. The maximum Gasteiger partial charge on any atom is 0.225 e. The van der Waals surface area contributed by atoms with Crippen molar-refractivity contribution < 1.29 is 0 Å². The molecule has 1 saturated carbocycles. The van der Waals surface area contributed by atoms with E-state index < -0.39 is 0 Å². The Morgan fingerprint density at radius 2 is 1.82 bits per heavy atom. The van der Waals surface area contributed by atoms with Crippen LogP contribution in [-0.2, 0) is 0 Å². The third kappa shape index (κ3) is 3.62. The second kappa shape index (κ2) is 6.31. The first-order valence-electron chi connectivity index (χ1n) is 7.39. The van der Waals surface area contributed by atoms with Crippen LogP contribution in [0.4, 0.5) is 17.5 Å². The van der Waals surface area contributed by atoms with Crippen molar-refractivity contribution in [3.05, 3.63) is 40.0 Å². The van der Waals surface area contributed by atoms with E-state index in [1.807, 2.05) is 12.1 Å². The molecule has 1 aliphatic rings. The highest BCUT2D eigenvalue weighted by atomic mass is 35.5. The van der Waals surface area contributed by atoms with Crippen LogP contribution < -0.4 is 10.6 Å². The Morgan fingerprint density at radius 1 is 1.14 bits per heavy atom. The topological polar surface area (TPSA) is 49.8 Å². The molecule has 1 aromatic heterocycles. The summed E-state index contributed by atoms with van der Waals surface area (Å²) in [5.74, 6) is 1.87. The molecular weight excluding hydrogens is 319 g/mol. The van der Waals surface area contributed by atoms with Gasteiger partial charge in [-0.2, -0.15) is 4.98 Å². The molecule has 1 aromatic carbocycles. The second-order valence-corrected chi connectivity index (χ2v) is 6.61. The van der Waals surface area contributed by atoms with Crippen molar-refractivity contribution >= 4 is 40.7 Å². The van der Waals surface area contributed by atoms with Gasteiger partial charge in [0.15, 0.2) is 0 Å². The summed E-state index contributed by atoms with van der Waals surface area (Å²) in [6, 6.07) is 7.66. The van der Waals surface area contributed by atoms with Crippen LogP contribution in [0.1, 0.15) is 38.3 Å². The molecule has 1 aliphatic carbocycles. The van der Waals surface area contributed by atoms with E-state index in [0.29, 0.717) is 33.4 Å². The van der Waals surface area contributed by atoms with Gasteiger partial charge in [0, 0.05) is 18.0 Å². The van der Waals surface area contributed by atoms with Crippen LogP contribution in [0.2, 0.25) is 10.0 Å². The standard InChI is InChI=1S/C16H18Cl2N4/c1-9(2)19-16-20-13(10-6-7-10)8-14(22-16)21-15-11(17)4-3-5-12(15)18/h3-5,8-10H,6-7H2,1-2H3,(H2,19,20,21,22). The molecule has 4 nitrogen and oxygen atoms in total. The van der Waals surface area contributed by atoms with Crippen molar-refractivity contribution in [2.75, 3.05) is 10.6 Å². The fourth-order valence-electron chi connectivity index (χ4n) is 2.19. The monoisotopic (exact) mass is 336 g/mol. The van der Waals surface area contributed by atoms with Gasteiger partial charge < -0.3 is 10.6 Å². The lowest BCUT2D eigenvalue weighted by molar-refractivity contribution is 0.864. The molecule has 0 aliphatic heterocycles. The van der Waals surface area contributed by atoms with Crippen molar-refractivity contribution in [3.8, 4) is 0 Å². The summed E-state index contributed by atoms with van der Waals surface area (Å²) in [7, 11) is 0. The SMILES string of the molecule is CC(C)Nc1nc(Nc2c(Cl)cccc2Cl)cc(C2CC2)n1. The van der Waals surface area contributed by atoms with Crippen LogP contribution in [0.3, 0.4) is 0 Å². The van der Waals surface area contributed by atoms with E-state index >= 15 is 0 Å². The fourth-order valence-corrected chi connectivity index (χ4v) is 2.68. The molecule has 1 heterocycles. The first kappa shape index (κ1) is 15.4. The Labute approximate surface area is 140 Å². The van der Waals surface area contributed by atoms with Gasteiger partial charge in [0.1, 0.15) is 5.82 Å². The molecule has 2 aromatic rings. The number of benzene rings is 1. The molecule has 116 valence electrons. The Hall–Kier alpha value is -1.52. The van der Waals surface area contributed by atoms with E-state index in [2.05, 4.69) is 34.4 Å². The van der Waals surface area contributed by atoms with Crippen molar-refractivity contribution in [3.63, 3.8) is 0 Å². The van der Waals surface area contributed by atoms with Gasteiger partial charge in [-0.1, -0.05) is 29.3 Å². The summed E-state index contributed by atoms with van der Waals surface area (Å²) in [6.45, 7) is 4.12. The predicted octanol–water partition coefficient (Wildman–Crippen LogP) is 5.22. The van der Waals surface area contributed by atoms with E-state index in [1.165, 1.54) is 12.8 Å². The molecule has 0 saturated heterocycles. The highest BCUT2D eigenvalue weighted by molar-refractivity contribution is 6.39. The molecule has 0 amide bonds. The molecule has 1 fully saturated rings. The molecular formula is C16H18Cl2N4. The zero-order valence-electron chi connectivity index (χ0n) is 12.5. The van der Waals surface area contributed by atoms with Gasteiger partial charge >= 0.3 is 0 Å². The quantitative estimate of drug-likeness (QED) is 0.785. The Bertz CT molecular complexity index is 664. The number of halogens is 2. The summed E-state index contributed by atoms with van der Waals surface area (Å²) in [5, 5.41) is 7.61. The summed E-state index contributed by atoms with van der Waals surface area (Å²) >= 11 is 12.4. The van der Waals surface area contributed by atoms with Crippen LogP contribution in [-0.4, -0.2) is 16.0 Å². The number of nitrogens with zero attached hydrogens (tertiary/aromatic N) is 2. The van der Waals surface area contributed by atoms with E-state index in [9.17, 15) is 0 Å².